The summed E-state index contributed by atoms with van der Waals surface area (Å²) in [6, 6.07) is 10.6. The molecule has 2 atom stereocenters. The minimum Gasteiger partial charge on any atom is -0.444 e. The van der Waals surface area contributed by atoms with Gasteiger partial charge in [0.15, 0.2) is 0 Å². The standard InChI is InChI=1S/C17H26N2O2/c1-17(2,3)21-16(20)19-12-8-11-14(19)15(18-4)13-9-6-5-7-10-13/h5-7,9-10,14-15,18H,8,11-12H2,1-4H3. The second-order valence-corrected chi connectivity index (χ2v) is 6.56. The molecule has 21 heavy (non-hydrogen) atoms. The second kappa shape index (κ2) is 6.48. The van der Waals surface area contributed by atoms with Gasteiger partial charge < -0.3 is 15.0 Å². The van der Waals surface area contributed by atoms with Crippen molar-refractivity contribution < 1.29 is 9.53 Å². The fraction of sp³-hybridized carbons (Fsp3) is 0.588. The number of carbonyl (C=O) groups is 1. The van der Waals surface area contributed by atoms with E-state index in [-0.39, 0.29) is 18.2 Å². The van der Waals surface area contributed by atoms with Crippen molar-refractivity contribution in [1.29, 1.82) is 0 Å². The highest BCUT2D eigenvalue weighted by Gasteiger charge is 2.36. The Kier molecular flexibility index (Phi) is 4.88. The molecule has 116 valence electrons. The van der Waals surface area contributed by atoms with E-state index in [0.717, 1.165) is 19.4 Å². The van der Waals surface area contributed by atoms with Gasteiger partial charge in [-0.1, -0.05) is 30.3 Å². The minimum atomic E-state index is -0.452. The van der Waals surface area contributed by atoms with Crippen LogP contribution in [0.3, 0.4) is 0 Å². The maximum absolute atomic E-state index is 12.4. The van der Waals surface area contributed by atoms with Gasteiger partial charge in [-0.3, -0.25) is 0 Å². The summed E-state index contributed by atoms with van der Waals surface area (Å²) in [7, 11) is 1.95. The SMILES string of the molecule is CNC(c1ccccc1)C1CCCN1C(=O)OC(C)(C)C. The van der Waals surface area contributed by atoms with Crippen LogP contribution in [-0.4, -0.2) is 36.2 Å². The van der Waals surface area contributed by atoms with Crippen molar-refractivity contribution in [2.24, 2.45) is 0 Å². The monoisotopic (exact) mass is 290 g/mol. The molecule has 1 aromatic carbocycles. The average molecular weight is 290 g/mol. The van der Waals surface area contributed by atoms with E-state index in [1.807, 2.05) is 50.9 Å². The third-order valence-corrected chi connectivity index (χ3v) is 3.78. The molecular formula is C17H26N2O2. The van der Waals surface area contributed by atoms with E-state index in [4.69, 9.17) is 4.74 Å². The molecule has 4 heteroatoms. The van der Waals surface area contributed by atoms with Crippen LogP contribution in [0.25, 0.3) is 0 Å². The number of rotatable bonds is 3. The molecule has 0 bridgehead atoms. The number of likely N-dealkylation sites (tertiary alicyclic amines) is 1. The van der Waals surface area contributed by atoms with Gasteiger partial charge in [0, 0.05) is 6.54 Å². The van der Waals surface area contributed by atoms with Gasteiger partial charge in [0.25, 0.3) is 0 Å². The first-order valence-corrected chi connectivity index (χ1v) is 7.64. The molecule has 1 amide bonds. The van der Waals surface area contributed by atoms with Crippen molar-refractivity contribution in [1.82, 2.24) is 10.2 Å². The van der Waals surface area contributed by atoms with Gasteiger partial charge in [0.2, 0.25) is 0 Å². The number of nitrogens with zero attached hydrogens (tertiary/aromatic N) is 1. The maximum Gasteiger partial charge on any atom is 0.410 e. The molecule has 2 rings (SSSR count). The van der Waals surface area contributed by atoms with Gasteiger partial charge in [-0.05, 0) is 46.2 Å². The smallest absolute Gasteiger partial charge is 0.410 e. The number of hydrogen-bond acceptors (Lipinski definition) is 3. The zero-order valence-electron chi connectivity index (χ0n) is 13.4. The summed E-state index contributed by atoms with van der Waals surface area (Å²) in [6.45, 7) is 6.48. The number of hydrogen-bond donors (Lipinski definition) is 1. The van der Waals surface area contributed by atoms with E-state index < -0.39 is 5.60 Å². The average Bonchev–Trinajstić information content (AvgIpc) is 2.88. The van der Waals surface area contributed by atoms with Crippen LogP contribution >= 0.6 is 0 Å². The molecule has 1 aliphatic rings. The number of ether oxygens (including phenoxy) is 1. The van der Waals surface area contributed by atoms with Crippen molar-refractivity contribution in [2.45, 2.75) is 51.3 Å². The number of amides is 1. The second-order valence-electron chi connectivity index (χ2n) is 6.56. The van der Waals surface area contributed by atoms with Gasteiger partial charge in [0.1, 0.15) is 5.60 Å². The molecule has 0 spiro atoms. The van der Waals surface area contributed by atoms with E-state index in [1.54, 1.807) is 0 Å². The highest BCUT2D eigenvalue weighted by Crippen LogP contribution is 2.30. The summed E-state index contributed by atoms with van der Waals surface area (Å²) in [5.74, 6) is 0. The van der Waals surface area contributed by atoms with Gasteiger partial charge >= 0.3 is 6.09 Å². The van der Waals surface area contributed by atoms with E-state index in [1.165, 1.54) is 5.56 Å². The number of nitrogens with one attached hydrogen (secondary N) is 1. The molecule has 0 aliphatic carbocycles. The van der Waals surface area contributed by atoms with Crippen LogP contribution in [0.5, 0.6) is 0 Å². The Morgan fingerprint density at radius 3 is 2.57 bits per heavy atom. The zero-order chi connectivity index (χ0) is 15.5. The normalized spacial score (nSPS) is 20.4. The molecule has 0 saturated carbocycles. The molecule has 4 nitrogen and oxygen atoms in total. The number of carbonyl (C=O) groups excluding carboxylic acids is 1. The Morgan fingerprint density at radius 2 is 2.00 bits per heavy atom. The lowest BCUT2D eigenvalue weighted by Gasteiger charge is -2.33. The minimum absolute atomic E-state index is 0.140. The molecule has 1 aromatic rings. The van der Waals surface area contributed by atoms with E-state index in [0.29, 0.717) is 0 Å². The van der Waals surface area contributed by atoms with Crippen molar-refractivity contribution in [2.75, 3.05) is 13.6 Å². The summed E-state index contributed by atoms with van der Waals surface area (Å²) in [5.41, 5.74) is 0.756. The van der Waals surface area contributed by atoms with Gasteiger partial charge in [-0.15, -0.1) is 0 Å². The van der Waals surface area contributed by atoms with Crippen LogP contribution in [0.15, 0.2) is 30.3 Å². The van der Waals surface area contributed by atoms with Crippen molar-refractivity contribution >= 4 is 6.09 Å². The van der Waals surface area contributed by atoms with E-state index in [2.05, 4.69) is 17.4 Å². The quantitative estimate of drug-likeness (QED) is 0.928. The molecule has 1 N–H and O–H groups in total. The predicted molar refractivity (Wildman–Crippen MR) is 84.2 cm³/mol. The Morgan fingerprint density at radius 1 is 1.33 bits per heavy atom. The summed E-state index contributed by atoms with van der Waals surface area (Å²) in [4.78, 5) is 14.3. The topological polar surface area (TPSA) is 41.6 Å². The molecule has 1 aliphatic heterocycles. The van der Waals surface area contributed by atoms with E-state index >= 15 is 0 Å². The van der Waals surface area contributed by atoms with Crippen molar-refractivity contribution in [3.05, 3.63) is 35.9 Å². The van der Waals surface area contributed by atoms with Crippen LogP contribution < -0.4 is 5.32 Å². The zero-order valence-corrected chi connectivity index (χ0v) is 13.4. The lowest BCUT2D eigenvalue weighted by atomic mass is 9.97. The predicted octanol–water partition coefficient (Wildman–Crippen LogP) is 3.35. The summed E-state index contributed by atoms with van der Waals surface area (Å²) in [6.07, 6.45) is 1.82. The summed E-state index contributed by atoms with van der Waals surface area (Å²) in [5, 5.41) is 3.36. The Labute approximate surface area is 127 Å². The van der Waals surface area contributed by atoms with Crippen molar-refractivity contribution in [3.63, 3.8) is 0 Å². The van der Waals surface area contributed by atoms with Crippen LogP contribution in [0.4, 0.5) is 4.79 Å². The summed E-state index contributed by atoms with van der Waals surface area (Å²) >= 11 is 0. The maximum atomic E-state index is 12.4. The molecule has 0 radical (unpaired) electrons. The third-order valence-electron chi connectivity index (χ3n) is 3.78. The van der Waals surface area contributed by atoms with E-state index in [9.17, 15) is 4.79 Å². The first kappa shape index (κ1) is 15.8. The van der Waals surface area contributed by atoms with Crippen LogP contribution in [0, 0.1) is 0 Å². The lowest BCUT2D eigenvalue weighted by molar-refractivity contribution is 0.0197. The highest BCUT2D eigenvalue weighted by molar-refractivity contribution is 5.69. The van der Waals surface area contributed by atoms with Gasteiger partial charge in [-0.2, -0.15) is 0 Å². The fourth-order valence-corrected chi connectivity index (χ4v) is 2.93. The highest BCUT2D eigenvalue weighted by atomic mass is 16.6. The fourth-order valence-electron chi connectivity index (χ4n) is 2.93. The molecule has 2 unspecified atom stereocenters. The first-order chi connectivity index (χ1) is 9.92. The lowest BCUT2D eigenvalue weighted by Crippen LogP contribution is -2.45. The largest absolute Gasteiger partial charge is 0.444 e. The number of benzene rings is 1. The van der Waals surface area contributed by atoms with Crippen LogP contribution in [-0.2, 0) is 4.74 Å². The third kappa shape index (κ3) is 3.97. The van der Waals surface area contributed by atoms with Gasteiger partial charge in [0.05, 0.1) is 12.1 Å². The van der Waals surface area contributed by atoms with Crippen LogP contribution in [0.2, 0.25) is 0 Å². The Balaban J connectivity index is 2.15. The molecule has 1 saturated heterocycles. The first-order valence-electron chi connectivity index (χ1n) is 7.64. The molecule has 1 fully saturated rings. The summed E-state index contributed by atoms with van der Waals surface area (Å²) < 4.78 is 5.54. The van der Waals surface area contributed by atoms with Crippen molar-refractivity contribution in [3.8, 4) is 0 Å². The molecule has 0 aromatic heterocycles. The number of likely N-dealkylation sites (N-methyl/N-ethyl adjacent to an activating group) is 1. The van der Waals surface area contributed by atoms with Gasteiger partial charge in [-0.25, -0.2) is 4.79 Å². The Bertz CT molecular complexity index is 467. The molecule has 1 heterocycles. The Hall–Kier alpha value is -1.55. The molecular weight excluding hydrogens is 264 g/mol. The van der Waals surface area contributed by atoms with Crippen LogP contribution in [0.1, 0.15) is 45.2 Å².